The van der Waals surface area contributed by atoms with Crippen molar-refractivity contribution in [1.82, 2.24) is 9.55 Å². The fourth-order valence-corrected chi connectivity index (χ4v) is 4.14. The number of nitrogens with zero attached hydrogens (tertiary/aromatic N) is 3. The van der Waals surface area contributed by atoms with Gasteiger partial charge in [0.15, 0.2) is 0 Å². The number of hydrogen-bond acceptors (Lipinski definition) is 4. The number of nitriles is 1. The van der Waals surface area contributed by atoms with Crippen LogP contribution in [0, 0.1) is 18.3 Å². The van der Waals surface area contributed by atoms with Crippen molar-refractivity contribution in [3.8, 4) is 17.5 Å². The Balaban J connectivity index is 1.62. The Hall–Kier alpha value is -4.63. The minimum atomic E-state index is -1.07. The average molecular weight is 433 g/mol. The smallest absolute Gasteiger partial charge is 0.352 e. The summed E-state index contributed by atoms with van der Waals surface area (Å²) in [6.45, 7) is 2.18. The molecular formula is C27H19N3O3. The zero-order chi connectivity index (χ0) is 22.9. The molecule has 2 aromatic heterocycles. The van der Waals surface area contributed by atoms with Crippen molar-refractivity contribution in [2.75, 3.05) is 0 Å². The van der Waals surface area contributed by atoms with Gasteiger partial charge in [0.2, 0.25) is 0 Å². The van der Waals surface area contributed by atoms with Crippen LogP contribution >= 0.6 is 0 Å². The molecule has 0 saturated carbocycles. The molecule has 0 aliphatic carbocycles. The summed E-state index contributed by atoms with van der Waals surface area (Å²) in [7, 11) is 0. The molecule has 0 amide bonds. The standard InChI is InChI=1S/C27H19N3O3/c1-17-13-26(20-9-3-4-10-22(20)29-17)33-16-19-8-6-12-24-21(19)14-25(27(31)32)30(24)23-11-5-2-7-18(23)15-28/h2-14H,16H2,1H3,(H,31,32). The zero-order valence-corrected chi connectivity index (χ0v) is 17.8. The van der Waals surface area contributed by atoms with Gasteiger partial charge in [-0.2, -0.15) is 5.26 Å². The molecule has 0 spiro atoms. The minimum absolute atomic E-state index is 0.0883. The van der Waals surface area contributed by atoms with Gasteiger partial charge in [-0.3, -0.25) is 4.98 Å². The fraction of sp³-hybridized carbons (Fsp3) is 0.0741. The second-order valence-electron chi connectivity index (χ2n) is 7.72. The van der Waals surface area contributed by atoms with Crippen LogP contribution in [-0.2, 0) is 6.61 Å². The topological polar surface area (TPSA) is 88.1 Å². The van der Waals surface area contributed by atoms with E-state index in [4.69, 9.17) is 4.74 Å². The predicted octanol–water partition coefficient (Wildman–Crippen LogP) is 5.64. The second-order valence-corrected chi connectivity index (χ2v) is 7.72. The molecule has 0 fully saturated rings. The molecule has 0 aliphatic rings. The van der Waals surface area contributed by atoms with Crippen molar-refractivity contribution in [2.45, 2.75) is 13.5 Å². The first-order chi connectivity index (χ1) is 16.1. The van der Waals surface area contributed by atoms with Crippen molar-refractivity contribution >= 4 is 27.8 Å². The summed E-state index contributed by atoms with van der Waals surface area (Å²) in [4.78, 5) is 16.6. The highest BCUT2D eigenvalue weighted by Gasteiger charge is 2.20. The van der Waals surface area contributed by atoms with Crippen molar-refractivity contribution in [1.29, 1.82) is 5.26 Å². The molecule has 0 radical (unpaired) electrons. The fourth-order valence-electron chi connectivity index (χ4n) is 4.14. The van der Waals surface area contributed by atoms with Gasteiger partial charge in [0.25, 0.3) is 0 Å². The van der Waals surface area contributed by atoms with Crippen molar-refractivity contribution in [2.24, 2.45) is 0 Å². The second kappa shape index (κ2) is 8.13. The number of ether oxygens (including phenoxy) is 1. The highest BCUT2D eigenvalue weighted by atomic mass is 16.5. The number of hydrogen-bond donors (Lipinski definition) is 1. The molecule has 6 heteroatoms. The van der Waals surface area contributed by atoms with E-state index >= 15 is 0 Å². The highest BCUT2D eigenvalue weighted by Crippen LogP contribution is 2.31. The molecule has 5 rings (SSSR count). The van der Waals surface area contributed by atoms with E-state index in [0.717, 1.165) is 33.3 Å². The third-order valence-corrected chi connectivity index (χ3v) is 5.61. The van der Waals surface area contributed by atoms with Crippen LogP contribution < -0.4 is 4.74 Å². The molecule has 0 unspecified atom stereocenters. The van der Waals surface area contributed by atoms with Gasteiger partial charge in [0, 0.05) is 22.5 Å². The third kappa shape index (κ3) is 3.56. The summed E-state index contributed by atoms with van der Waals surface area (Å²) in [6.07, 6.45) is 0. The number of fused-ring (bicyclic) bond motifs is 2. The number of benzene rings is 3. The zero-order valence-electron chi connectivity index (χ0n) is 17.8. The Kier molecular flexibility index (Phi) is 5.00. The summed E-state index contributed by atoms with van der Waals surface area (Å²) in [6, 6.07) is 26.1. The average Bonchev–Trinajstić information content (AvgIpc) is 3.23. The maximum absolute atomic E-state index is 12.1. The molecule has 0 aliphatic heterocycles. The molecule has 5 aromatic rings. The van der Waals surface area contributed by atoms with Crippen LogP contribution in [0.25, 0.3) is 27.5 Å². The van der Waals surface area contributed by atoms with E-state index in [2.05, 4.69) is 11.1 Å². The van der Waals surface area contributed by atoms with E-state index in [1.165, 1.54) is 0 Å². The van der Waals surface area contributed by atoms with Crippen LogP contribution in [0.5, 0.6) is 5.75 Å². The maximum atomic E-state index is 12.1. The lowest BCUT2D eigenvalue weighted by Crippen LogP contribution is -2.07. The number of rotatable bonds is 5. The first kappa shape index (κ1) is 20.3. The monoisotopic (exact) mass is 433 g/mol. The Bertz CT molecular complexity index is 1580. The molecule has 6 nitrogen and oxygen atoms in total. The van der Waals surface area contributed by atoms with Crippen molar-refractivity contribution in [3.63, 3.8) is 0 Å². The largest absolute Gasteiger partial charge is 0.488 e. The lowest BCUT2D eigenvalue weighted by molar-refractivity contribution is 0.0688. The maximum Gasteiger partial charge on any atom is 0.352 e. The first-order valence-electron chi connectivity index (χ1n) is 10.4. The number of aryl methyl sites for hydroxylation is 1. The van der Waals surface area contributed by atoms with Gasteiger partial charge in [0.05, 0.1) is 22.3 Å². The number of carboxylic acid groups (broad SMARTS) is 1. The molecule has 3 aromatic carbocycles. The molecule has 0 atom stereocenters. The van der Waals surface area contributed by atoms with Gasteiger partial charge >= 0.3 is 5.97 Å². The van der Waals surface area contributed by atoms with Crippen LogP contribution in [0.2, 0.25) is 0 Å². The summed E-state index contributed by atoms with van der Waals surface area (Å²) >= 11 is 0. The van der Waals surface area contributed by atoms with E-state index in [9.17, 15) is 15.2 Å². The van der Waals surface area contributed by atoms with Gasteiger partial charge in [-0.1, -0.05) is 36.4 Å². The van der Waals surface area contributed by atoms with Crippen LogP contribution in [0.1, 0.15) is 27.3 Å². The Labute approximate surface area is 189 Å². The summed E-state index contributed by atoms with van der Waals surface area (Å²) in [5.74, 6) is -0.343. The highest BCUT2D eigenvalue weighted by molar-refractivity contribution is 5.97. The van der Waals surface area contributed by atoms with Crippen LogP contribution in [0.15, 0.2) is 78.9 Å². The number of carboxylic acids is 1. The quantitative estimate of drug-likeness (QED) is 0.388. The molecule has 0 saturated heterocycles. The van der Waals surface area contributed by atoms with E-state index in [1.54, 1.807) is 34.9 Å². The Morgan fingerprint density at radius 3 is 2.64 bits per heavy atom. The minimum Gasteiger partial charge on any atom is -0.488 e. The number of aromatic nitrogens is 2. The molecule has 160 valence electrons. The van der Waals surface area contributed by atoms with Gasteiger partial charge < -0.3 is 14.4 Å². The van der Waals surface area contributed by atoms with Crippen molar-refractivity contribution < 1.29 is 14.6 Å². The van der Waals surface area contributed by atoms with E-state index < -0.39 is 5.97 Å². The first-order valence-corrected chi connectivity index (χ1v) is 10.4. The third-order valence-electron chi connectivity index (χ3n) is 5.61. The molecule has 0 bridgehead atoms. The Morgan fingerprint density at radius 2 is 1.82 bits per heavy atom. The normalized spacial score (nSPS) is 10.9. The Morgan fingerprint density at radius 1 is 1.03 bits per heavy atom. The molecule has 2 heterocycles. The van der Waals surface area contributed by atoms with E-state index in [0.29, 0.717) is 16.8 Å². The van der Waals surface area contributed by atoms with E-state index in [1.807, 2.05) is 55.5 Å². The number of para-hydroxylation sites is 2. The lowest BCUT2D eigenvalue weighted by Gasteiger charge is -2.12. The summed E-state index contributed by atoms with van der Waals surface area (Å²) in [5, 5.41) is 21.1. The predicted molar refractivity (Wildman–Crippen MR) is 126 cm³/mol. The number of pyridine rings is 1. The van der Waals surface area contributed by atoms with Crippen LogP contribution in [-0.4, -0.2) is 20.6 Å². The molecular weight excluding hydrogens is 414 g/mol. The van der Waals surface area contributed by atoms with Gasteiger partial charge in [0.1, 0.15) is 24.1 Å². The van der Waals surface area contributed by atoms with Gasteiger partial charge in [-0.05, 0) is 48.9 Å². The summed E-state index contributed by atoms with van der Waals surface area (Å²) < 4.78 is 7.82. The van der Waals surface area contributed by atoms with E-state index in [-0.39, 0.29) is 12.3 Å². The van der Waals surface area contributed by atoms with Crippen LogP contribution in [0.3, 0.4) is 0 Å². The van der Waals surface area contributed by atoms with Crippen molar-refractivity contribution in [3.05, 3.63) is 101 Å². The van der Waals surface area contributed by atoms with Crippen LogP contribution in [0.4, 0.5) is 0 Å². The summed E-state index contributed by atoms with van der Waals surface area (Å²) in [5.41, 5.74) is 4.28. The lowest BCUT2D eigenvalue weighted by atomic mass is 10.1. The molecule has 33 heavy (non-hydrogen) atoms. The number of aromatic carboxylic acids is 1. The van der Waals surface area contributed by atoms with Gasteiger partial charge in [-0.25, -0.2) is 4.79 Å². The number of carbonyl (C=O) groups is 1. The molecule has 1 N–H and O–H groups in total. The SMILES string of the molecule is Cc1cc(OCc2cccc3c2cc(C(=O)O)n3-c2ccccc2C#N)c2ccccc2n1. The van der Waals surface area contributed by atoms with Gasteiger partial charge in [-0.15, -0.1) is 0 Å².